The van der Waals surface area contributed by atoms with E-state index in [0.717, 1.165) is 0 Å². The number of aryl methyl sites for hydroxylation is 5. The zero-order valence-electron chi connectivity index (χ0n) is 12.3. The molecule has 1 heterocycles. The molecule has 0 fully saturated rings. The highest BCUT2D eigenvalue weighted by molar-refractivity contribution is 5.64. The first kappa shape index (κ1) is 12.8. The molecule has 2 aromatic rings. The molecule has 1 heteroatoms. The maximum Gasteiger partial charge on any atom is 0.212 e. The van der Waals surface area contributed by atoms with Gasteiger partial charge in [-0.2, -0.15) is 0 Å². The molecule has 0 N–H and O–H groups in total. The normalized spacial score (nSPS) is 10.8. The van der Waals surface area contributed by atoms with E-state index in [9.17, 15) is 0 Å². The molecule has 0 aliphatic carbocycles. The fourth-order valence-electron chi connectivity index (χ4n) is 2.46. The second kappa shape index (κ2) is 4.56. The minimum atomic E-state index is 1.29. The molecule has 0 aliphatic rings. The van der Waals surface area contributed by atoms with E-state index >= 15 is 0 Å². The van der Waals surface area contributed by atoms with Crippen molar-refractivity contribution in [1.29, 1.82) is 0 Å². The Labute approximate surface area is 110 Å². The molecule has 18 heavy (non-hydrogen) atoms. The van der Waals surface area contributed by atoms with Gasteiger partial charge in [-0.05, 0) is 57.4 Å². The van der Waals surface area contributed by atoms with Crippen LogP contribution in [-0.2, 0) is 7.05 Å². The summed E-state index contributed by atoms with van der Waals surface area (Å²) >= 11 is 0. The maximum absolute atomic E-state index is 2.29. The van der Waals surface area contributed by atoms with Crippen molar-refractivity contribution in [2.45, 2.75) is 34.6 Å². The first-order valence-electron chi connectivity index (χ1n) is 6.45. The maximum atomic E-state index is 2.29. The molecular weight excluding hydrogens is 218 g/mol. The summed E-state index contributed by atoms with van der Waals surface area (Å²) in [6, 6.07) is 6.82. The van der Waals surface area contributed by atoms with Crippen LogP contribution in [0.2, 0.25) is 0 Å². The van der Waals surface area contributed by atoms with E-state index in [4.69, 9.17) is 0 Å². The van der Waals surface area contributed by atoms with Crippen LogP contribution in [0.5, 0.6) is 0 Å². The molecule has 0 radical (unpaired) electrons. The highest BCUT2D eigenvalue weighted by Crippen LogP contribution is 2.25. The lowest BCUT2D eigenvalue weighted by molar-refractivity contribution is -0.660. The SMILES string of the molecule is Cc1cc(C)c(C)c(-c2cc(C)c(C)c[n+]2C)c1. The molecule has 1 nitrogen and oxygen atoms in total. The molecule has 0 atom stereocenters. The summed E-state index contributed by atoms with van der Waals surface area (Å²) in [6.07, 6.45) is 2.21. The van der Waals surface area contributed by atoms with E-state index in [-0.39, 0.29) is 0 Å². The Morgan fingerprint density at radius 2 is 1.44 bits per heavy atom. The molecule has 2 rings (SSSR count). The third-order valence-electron chi connectivity index (χ3n) is 3.83. The van der Waals surface area contributed by atoms with Gasteiger partial charge in [-0.15, -0.1) is 0 Å². The number of hydrogen-bond acceptors (Lipinski definition) is 0. The summed E-state index contributed by atoms with van der Waals surface area (Å²) < 4.78 is 2.23. The fourth-order valence-corrected chi connectivity index (χ4v) is 2.46. The van der Waals surface area contributed by atoms with Gasteiger partial charge in [-0.3, -0.25) is 0 Å². The van der Waals surface area contributed by atoms with Crippen LogP contribution in [0, 0.1) is 34.6 Å². The van der Waals surface area contributed by atoms with E-state index in [1.807, 2.05) is 0 Å². The van der Waals surface area contributed by atoms with E-state index in [1.54, 1.807) is 0 Å². The van der Waals surface area contributed by atoms with Gasteiger partial charge in [0.1, 0.15) is 7.05 Å². The largest absolute Gasteiger partial charge is 0.212 e. The van der Waals surface area contributed by atoms with Gasteiger partial charge in [0.05, 0.1) is 0 Å². The number of pyridine rings is 1. The highest BCUT2D eigenvalue weighted by Gasteiger charge is 2.15. The lowest BCUT2D eigenvalue weighted by atomic mass is 9.96. The standard InChI is InChI=1S/C17H22N/c1-11-7-13(3)15(5)16(8-11)17-9-12(2)14(4)10-18(17)6/h7-10H,1-6H3/q+1. The van der Waals surface area contributed by atoms with Crippen molar-refractivity contribution in [3.8, 4) is 11.3 Å². The van der Waals surface area contributed by atoms with Crippen LogP contribution < -0.4 is 4.57 Å². The summed E-state index contributed by atoms with van der Waals surface area (Å²) in [7, 11) is 2.12. The van der Waals surface area contributed by atoms with Crippen molar-refractivity contribution in [2.24, 2.45) is 7.05 Å². The van der Waals surface area contributed by atoms with Crippen molar-refractivity contribution >= 4 is 0 Å². The smallest absolute Gasteiger partial charge is 0.201 e. The lowest BCUT2D eigenvalue weighted by Gasteiger charge is -2.10. The van der Waals surface area contributed by atoms with Crippen LogP contribution in [0.15, 0.2) is 24.4 Å². The van der Waals surface area contributed by atoms with Crippen molar-refractivity contribution in [1.82, 2.24) is 0 Å². The van der Waals surface area contributed by atoms with Crippen LogP contribution in [-0.4, -0.2) is 0 Å². The van der Waals surface area contributed by atoms with Gasteiger partial charge in [-0.25, -0.2) is 4.57 Å². The van der Waals surface area contributed by atoms with Gasteiger partial charge in [0.2, 0.25) is 5.69 Å². The minimum absolute atomic E-state index is 1.29. The second-order valence-corrected chi connectivity index (χ2v) is 5.39. The predicted molar refractivity (Wildman–Crippen MR) is 76.7 cm³/mol. The average molecular weight is 240 g/mol. The minimum Gasteiger partial charge on any atom is -0.201 e. The Morgan fingerprint density at radius 1 is 0.778 bits per heavy atom. The predicted octanol–water partition coefficient (Wildman–Crippen LogP) is 3.72. The van der Waals surface area contributed by atoms with Gasteiger partial charge in [-0.1, -0.05) is 11.6 Å². The Hall–Kier alpha value is -1.63. The van der Waals surface area contributed by atoms with Crippen molar-refractivity contribution in [2.75, 3.05) is 0 Å². The quantitative estimate of drug-likeness (QED) is 0.669. The van der Waals surface area contributed by atoms with Crippen LogP contribution in [0.3, 0.4) is 0 Å². The van der Waals surface area contributed by atoms with E-state index in [0.29, 0.717) is 0 Å². The summed E-state index contributed by atoms with van der Waals surface area (Å²) in [4.78, 5) is 0. The summed E-state index contributed by atoms with van der Waals surface area (Å²) in [6.45, 7) is 10.9. The molecular formula is C17H22N+. The molecule has 0 unspecified atom stereocenters. The van der Waals surface area contributed by atoms with Crippen LogP contribution in [0.1, 0.15) is 27.8 Å². The Bertz CT molecular complexity index is 609. The average Bonchev–Trinajstić information content (AvgIpc) is 2.29. The molecule has 0 saturated carbocycles. The number of aromatic nitrogens is 1. The second-order valence-electron chi connectivity index (χ2n) is 5.39. The molecule has 94 valence electrons. The molecule has 0 bridgehead atoms. The van der Waals surface area contributed by atoms with Crippen LogP contribution >= 0.6 is 0 Å². The molecule has 0 spiro atoms. The lowest BCUT2D eigenvalue weighted by Crippen LogP contribution is -2.31. The highest BCUT2D eigenvalue weighted by atomic mass is 14.9. The molecule has 0 aliphatic heterocycles. The molecule has 1 aromatic heterocycles. The Morgan fingerprint density at radius 3 is 2.11 bits per heavy atom. The fraction of sp³-hybridized carbons (Fsp3) is 0.353. The number of rotatable bonds is 1. The zero-order valence-corrected chi connectivity index (χ0v) is 12.3. The van der Waals surface area contributed by atoms with E-state index < -0.39 is 0 Å². The van der Waals surface area contributed by atoms with Crippen LogP contribution in [0.25, 0.3) is 11.3 Å². The number of hydrogen-bond donors (Lipinski definition) is 0. The Kier molecular flexibility index (Phi) is 3.25. The topological polar surface area (TPSA) is 3.88 Å². The summed E-state index contributed by atoms with van der Waals surface area (Å²) in [5.74, 6) is 0. The first-order chi connectivity index (χ1) is 8.40. The molecule has 0 amide bonds. The molecule has 1 aromatic carbocycles. The van der Waals surface area contributed by atoms with E-state index in [2.05, 4.69) is 70.6 Å². The van der Waals surface area contributed by atoms with Crippen molar-refractivity contribution in [3.05, 3.63) is 52.2 Å². The summed E-state index contributed by atoms with van der Waals surface area (Å²) in [5, 5.41) is 0. The van der Waals surface area contributed by atoms with Gasteiger partial charge >= 0.3 is 0 Å². The summed E-state index contributed by atoms with van der Waals surface area (Å²) in [5.41, 5.74) is 9.39. The van der Waals surface area contributed by atoms with Crippen LogP contribution in [0.4, 0.5) is 0 Å². The van der Waals surface area contributed by atoms with Gasteiger partial charge in [0.25, 0.3) is 0 Å². The molecule has 0 saturated heterocycles. The van der Waals surface area contributed by atoms with Gasteiger partial charge < -0.3 is 0 Å². The van der Waals surface area contributed by atoms with Crippen molar-refractivity contribution in [3.63, 3.8) is 0 Å². The number of nitrogens with zero attached hydrogens (tertiary/aromatic N) is 1. The third kappa shape index (κ3) is 2.17. The van der Waals surface area contributed by atoms with Gasteiger partial charge in [0.15, 0.2) is 6.20 Å². The van der Waals surface area contributed by atoms with E-state index in [1.165, 1.54) is 39.1 Å². The zero-order chi connectivity index (χ0) is 13.4. The number of benzene rings is 1. The van der Waals surface area contributed by atoms with Crippen molar-refractivity contribution < 1.29 is 4.57 Å². The monoisotopic (exact) mass is 240 g/mol. The van der Waals surface area contributed by atoms with Gasteiger partial charge in [0, 0.05) is 17.2 Å². The third-order valence-corrected chi connectivity index (χ3v) is 3.83. The first-order valence-corrected chi connectivity index (χ1v) is 6.45. The Balaban J connectivity index is 2.73.